The molecule has 4 heteroatoms. The van der Waals surface area contributed by atoms with Gasteiger partial charge in [-0.15, -0.1) is 0 Å². The van der Waals surface area contributed by atoms with Crippen molar-refractivity contribution in [3.8, 4) is 0 Å². The monoisotopic (exact) mass is 167 g/mol. The van der Waals surface area contributed by atoms with Crippen LogP contribution in [0, 0.1) is 5.92 Å². The van der Waals surface area contributed by atoms with Crippen LogP contribution >= 0.6 is 0 Å². The summed E-state index contributed by atoms with van der Waals surface area (Å²) in [6.07, 6.45) is 0. The average Bonchev–Trinajstić information content (AvgIpc) is 2.04. The molecule has 1 atom stereocenters. The van der Waals surface area contributed by atoms with Gasteiger partial charge in [0.2, 0.25) is 0 Å². The SMILES string of the molecule is CC(C)C(N)c1ccc(=O)[nH]n1. The molecule has 12 heavy (non-hydrogen) atoms. The van der Waals surface area contributed by atoms with E-state index in [0.717, 1.165) is 5.69 Å². The average molecular weight is 167 g/mol. The van der Waals surface area contributed by atoms with E-state index in [1.165, 1.54) is 6.07 Å². The van der Waals surface area contributed by atoms with E-state index in [-0.39, 0.29) is 11.6 Å². The second kappa shape index (κ2) is 3.49. The Bertz CT molecular complexity index is 285. The second-order valence-corrected chi connectivity index (χ2v) is 3.12. The van der Waals surface area contributed by atoms with Crippen molar-refractivity contribution >= 4 is 0 Å². The number of hydrogen-bond donors (Lipinski definition) is 2. The molecule has 3 N–H and O–H groups in total. The lowest BCUT2D eigenvalue weighted by molar-refractivity contribution is 0.497. The third-order valence-electron chi connectivity index (χ3n) is 1.76. The minimum Gasteiger partial charge on any atom is -0.322 e. The summed E-state index contributed by atoms with van der Waals surface area (Å²) < 4.78 is 0. The van der Waals surface area contributed by atoms with Crippen molar-refractivity contribution in [1.82, 2.24) is 10.2 Å². The number of H-pyrrole nitrogens is 1. The summed E-state index contributed by atoms with van der Waals surface area (Å²) in [5.74, 6) is 0.323. The Hall–Kier alpha value is -1.16. The fourth-order valence-corrected chi connectivity index (χ4v) is 0.882. The molecule has 66 valence electrons. The van der Waals surface area contributed by atoms with E-state index >= 15 is 0 Å². The van der Waals surface area contributed by atoms with Gasteiger partial charge in [0.05, 0.1) is 11.7 Å². The predicted molar refractivity (Wildman–Crippen MR) is 46.6 cm³/mol. The van der Waals surface area contributed by atoms with E-state index in [1.54, 1.807) is 6.07 Å². The first-order valence-corrected chi connectivity index (χ1v) is 3.92. The Kier molecular flexibility index (Phi) is 2.60. The highest BCUT2D eigenvalue weighted by atomic mass is 16.1. The zero-order valence-corrected chi connectivity index (χ0v) is 7.24. The van der Waals surface area contributed by atoms with Crippen LogP contribution in [0.1, 0.15) is 25.6 Å². The summed E-state index contributed by atoms with van der Waals surface area (Å²) in [6, 6.07) is 2.98. The summed E-state index contributed by atoms with van der Waals surface area (Å²) in [6.45, 7) is 4.02. The quantitative estimate of drug-likeness (QED) is 0.670. The minimum atomic E-state index is -0.199. The van der Waals surface area contributed by atoms with Crippen LogP contribution in [-0.4, -0.2) is 10.2 Å². The molecule has 0 aliphatic heterocycles. The van der Waals surface area contributed by atoms with E-state index in [4.69, 9.17) is 5.73 Å². The fraction of sp³-hybridized carbons (Fsp3) is 0.500. The van der Waals surface area contributed by atoms with Crippen LogP contribution < -0.4 is 11.3 Å². The first-order chi connectivity index (χ1) is 5.61. The molecule has 1 unspecified atom stereocenters. The molecule has 0 bridgehead atoms. The summed E-state index contributed by atoms with van der Waals surface area (Å²) in [5.41, 5.74) is 6.33. The molecule has 1 rings (SSSR count). The van der Waals surface area contributed by atoms with Crippen LogP contribution in [0.3, 0.4) is 0 Å². The molecule has 0 saturated carbocycles. The van der Waals surface area contributed by atoms with E-state index in [9.17, 15) is 4.79 Å². The Morgan fingerprint density at radius 2 is 2.17 bits per heavy atom. The number of nitrogens with two attached hydrogens (primary N) is 1. The first kappa shape index (κ1) is 8.93. The Balaban J connectivity index is 2.89. The molecule has 4 nitrogen and oxygen atoms in total. The van der Waals surface area contributed by atoms with E-state index in [0.29, 0.717) is 5.92 Å². The van der Waals surface area contributed by atoms with Crippen molar-refractivity contribution in [1.29, 1.82) is 0 Å². The molecular weight excluding hydrogens is 154 g/mol. The molecule has 0 aromatic carbocycles. The molecule has 0 radical (unpaired) electrons. The van der Waals surface area contributed by atoms with Gasteiger partial charge in [-0.3, -0.25) is 4.79 Å². The van der Waals surface area contributed by atoms with Crippen molar-refractivity contribution in [3.63, 3.8) is 0 Å². The Morgan fingerprint density at radius 1 is 1.50 bits per heavy atom. The van der Waals surface area contributed by atoms with Gasteiger partial charge in [0.15, 0.2) is 0 Å². The molecule has 1 heterocycles. The number of aromatic nitrogens is 2. The summed E-state index contributed by atoms with van der Waals surface area (Å²) in [7, 11) is 0. The molecule has 0 aliphatic carbocycles. The molecule has 0 fully saturated rings. The molecule has 0 amide bonds. The summed E-state index contributed by atoms with van der Waals surface area (Å²) in [4.78, 5) is 10.7. The van der Waals surface area contributed by atoms with Gasteiger partial charge < -0.3 is 5.73 Å². The third kappa shape index (κ3) is 1.92. The molecular formula is C8H13N3O. The highest BCUT2D eigenvalue weighted by Crippen LogP contribution is 2.14. The van der Waals surface area contributed by atoms with Crippen LogP contribution in [0.15, 0.2) is 16.9 Å². The smallest absolute Gasteiger partial charge is 0.264 e. The molecule has 1 aromatic heterocycles. The zero-order valence-electron chi connectivity index (χ0n) is 7.24. The Labute approximate surface area is 70.8 Å². The van der Waals surface area contributed by atoms with Gasteiger partial charge in [0.1, 0.15) is 0 Å². The molecule has 0 spiro atoms. The van der Waals surface area contributed by atoms with Gasteiger partial charge in [0.25, 0.3) is 5.56 Å². The number of nitrogens with zero attached hydrogens (tertiary/aromatic N) is 1. The van der Waals surface area contributed by atoms with Crippen LogP contribution in [0.2, 0.25) is 0 Å². The highest BCUT2D eigenvalue weighted by Gasteiger charge is 2.11. The molecule has 0 aliphatic rings. The maximum Gasteiger partial charge on any atom is 0.264 e. The molecule has 1 aromatic rings. The molecule has 0 saturated heterocycles. The van der Waals surface area contributed by atoms with Crippen LogP contribution in [-0.2, 0) is 0 Å². The predicted octanol–water partition coefficient (Wildman–Crippen LogP) is 0.426. The number of nitrogens with one attached hydrogen (secondary N) is 1. The number of rotatable bonds is 2. The second-order valence-electron chi connectivity index (χ2n) is 3.12. The largest absolute Gasteiger partial charge is 0.322 e. The maximum atomic E-state index is 10.7. The lowest BCUT2D eigenvalue weighted by Gasteiger charge is -2.13. The van der Waals surface area contributed by atoms with Crippen molar-refractivity contribution in [2.75, 3.05) is 0 Å². The first-order valence-electron chi connectivity index (χ1n) is 3.92. The van der Waals surface area contributed by atoms with E-state index in [2.05, 4.69) is 10.2 Å². The van der Waals surface area contributed by atoms with Crippen molar-refractivity contribution in [3.05, 3.63) is 28.2 Å². The third-order valence-corrected chi connectivity index (χ3v) is 1.76. The van der Waals surface area contributed by atoms with Gasteiger partial charge in [-0.05, 0) is 12.0 Å². The fourth-order valence-electron chi connectivity index (χ4n) is 0.882. The van der Waals surface area contributed by atoms with Gasteiger partial charge in [-0.2, -0.15) is 5.10 Å². The normalized spacial score (nSPS) is 13.3. The van der Waals surface area contributed by atoms with Gasteiger partial charge in [-0.25, -0.2) is 5.10 Å². The Morgan fingerprint density at radius 3 is 2.58 bits per heavy atom. The minimum absolute atomic E-state index is 0.109. The summed E-state index contributed by atoms with van der Waals surface area (Å²) in [5, 5.41) is 6.19. The number of aromatic amines is 1. The maximum absolute atomic E-state index is 10.7. The van der Waals surface area contributed by atoms with Crippen LogP contribution in [0.25, 0.3) is 0 Å². The number of hydrogen-bond acceptors (Lipinski definition) is 3. The van der Waals surface area contributed by atoms with Gasteiger partial charge >= 0.3 is 0 Å². The van der Waals surface area contributed by atoms with Crippen molar-refractivity contribution < 1.29 is 0 Å². The standard InChI is InChI=1S/C8H13N3O/c1-5(2)8(9)6-3-4-7(12)11-10-6/h3-5,8H,9H2,1-2H3,(H,11,12). The van der Waals surface area contributed by atoms with Crippen LogP contribution in [0.4, 0.5) is 0 Å². The zero-order chi connectivity index (χ0) is 9.14. The highest BCUT2D eigenvalue weighted by molar-refractivity contribution is 5.05. The van der Waals surface area contributed by atoms with Gasteiger partial charge in [0, 0.05) is 6.07 Å². The lowest BCUT2D eigenvalue weighted by Crippen LogP contribution is -2.20. The van der Waals surface area contributed by atoms with E-state index in [1.807, 2.05) is 13.8 Å². The summed E-state index contributed by atoms with van der Waals surface area (Å²) >= 11 is 0. The topological polar surface area (TPSA) is 71.8 Å². The van der Waals surface area contributed by atoms with Crippen LogP contribution in [0.5, 0.6) is 0 Å². The van der Waals surface area contributed by atoms with Crippen molar-refractivity contribution in [2.24, 2.45) is 11.7 Å². The van der Waals surface area contributed by atoms with E-state index < -0.39 is 0 Å². The van der Waals surface area contributed by atoms with Crippen molar-refractivity contribution in [2.45, 2.75) is 19.9 Å². The van der Waals surface area contributed by atoms with Gasteiger partial charge in [-0.1, -0.05) is 13.8 Å². The lowest BCUT2D eigenvalue weighted by atomic mass is 10.0.